The minimum Gasteiger partial charge on any atom is -0.321 e. The standard InChI is InChI=1S/C16H17NOS2/c1-3-20-13-8-6-7-12(11-13)16(18)17-14-9-4-5-10-15(14)19-2/h4-11H,3H2,1-2H3,(H,17,18). The SMILES string of the molecule is CCSc1cccc(C(=O)Nc2ccccc2SC)c1. The molecule has 2 aromatic rings. The van der Waals surface area contributed by atoms with E-state index in [1.807, 2.05) is 54.8 Å². The lowest BCUT2D eigenvalue weighted by Gasteiger charge is -2.09. The molecule has 1 N–H and O–H groups in total. The number of carbonyl (C=O) groups is 1. The van der Waals surface area contributed by atoms with Crippen LogP contribution in [0.4, 0.5) is 5.69 Å². The Bertz CT molecular complexity index is 599. The molecule has 0 heterocycles. The van der Waals surface area contributed by atoms with Crippen molar-refractivity contribution in [3.63, 3.8) is 0 Å². The summed E-state index contributed by atoms with van der Waals surface area (Å²) in [6.45, 7) is 2.10. The topological polar surface area (TPSA) is 29.1 Å². The fourth-order valence-electron chi connectivity index (χ4n) is 1.84. The molecule has 0 radical (unpaired) electrons. The smallest absolute Gasteiger partial charge is 0.255 e. The summed E-state index contributed by atoms with van der Waals surface area (Å²) in [5.41, 5.74) is 1.55. The summed E-state index contributed by atoms with van der Waals surface area (Å²) in [7, 11) is 0. The first kappa shape index (κ1) is 15.0. The maximum Gasteiger partial charge on any atom is 0.255 e. The Kier molecular flexibility index (Phi) is 5.56. The second-order valence-electron chi connectivity index (χ2n) is 4.12. The third-order valence-electron chi connectivity index (χ3n) is 2.76. The Morgan fingerprint density at radius 2 is 1.95 bits per heavy atom. The van der Waals surface area contributed by atoms with Gasteiger partial charge in [-0.1, -0.05) is 25.1 Å². The first-order valence-electron chi connectivity index (χ1n) is 6.42. The van der Waals surface area contributed by atoms with Crippen LogP contribution in [-0.2, 0) is 0 Å². The van der Waals surface area contributed by atoms with Crippen LogP contribution in [0.1, 0.15) is 17.3 Å². The lowest BCUT2D eigenvalue weighted by Crippen LogP contribution is -2.12. The van der Waals surface area contributed by atoms with Gasteiger partial charge >= 0.3 is 0 Å². The number of hydrogen-bond acceptors (Lipinski definition) is 3. The largest absolute Gasteiger partial charge is 0.321 e. The van der Waals surface area contributed by atoms with E-state index >= 15 is 0 Å². The van der Waals surface area contributed by atoms with Gasteiger partial charge in [0.05, 0.1) is 5.69 Å². The van der Waals surface area contributed by atoms with Gasteiger partial charge in [-0.3, -0.25) is 4.79 Å². The number of hydrogen-bond donors (Lipinski definition) is 1. The summed E-state index contributed by atoms with van der Waals surface area (Å²) in [6.07, 6.45) is 2.00. The van der Waals surface area contributed by atoms with Crippen molar-refractivity contribution in [3.8, 4) is 0 Å². The highest BCUT2D eigenvalue weighted by Gasteiger charge is 2.09. The van der Waals surface area contributed by atoms with Gasteiger partial charge in [-0.25, -0.2) is 0 Å². The van der Waals surface area contributed by atoms with Crippen molar-refractivity contribution in [1.29, 1.82) is 0 Å². The molecular weight excluding hydrogens is 286 g/mol. The van der Waals surface area contributed by atoms with Gasteiger partial charge < -0.3 is 5.32 Å². The third-order valence-corrected chi connectivity index (χ3v) is 4.43. The number of thioether (sulfide) groups is 2. The lowest BCUT2D eigenvalue weighted by atomic mass is 10.2. The fourth-order valence-corrected chi connectivity index (χ4v) is 3.11. The van der Waals surface area contributed by atoms with Gasteiger partial charge in [0, 0.05) is 15.4 Å². The molecule has 2 nitrogen and oxygen atoms in total. The quantitative estimate of drug-likeness (QED) is 0.806. The van der Waals surface area contributed by atoms with Crippen LogP contribution < -0.4 is 5.32 Å². The van der Waals surface area contributed by atoms with Crippen LogP contribution in [-0.4, -0.2) is 17.9 Å². The van der Waals surface area contributed by atoms with E-state index in [1.54, 1.807) is 23.5 Å². The molecular formula is C16H17NOS2. The summed E-state index contributed by atoms with van der Waals surface area (Å²) >= 11 is 3.36. The number of para-hydroxylation sites is 1. The average Bonchev–Trinajstić information content (AvgIpc) is 2.48. The normalized spacial score (nSPS) is 10.3. The van der Waals surface area contributed by atoms with Crippen LogP contribution in [0, 0.1) is 0 Å². The van der Waals surface area contributed by atoms with E-state index in [-0.39, 0.29) is 5.91 Å². The Morgan fingerprint density at radius 1 is 1.15 bits per heavy atom. The zero-order valence-electron chi connectivity index (χ0n) is 11.6. The maximum absolute atomic E-state index is 12.3. The fraction of sp³-hybridized carbons (Fsp3) is 0.188. The summed E-state index contributed by atoms with van der Waals surface area (Å²) < 4.78 is 0. The average molecular weight is 303 g/mol. The number of carbonyl (C=O) groups excluding carboxylic acids is 1. The molecule has 0 atom stereocenters. The van der Waals surface area contributed by atoms with Gasteiger partial charge in [-0.05, 0) is 42.3 Å². The van der Waals surface area contributed by atoms with E-state index in [1.165, 1.54) is 0 Å². The van der Waals surface area contributed by atoms with Crippen LogP contribution >= 0.6 is 23.5 Å². The summed E-state index contributed by atoms with van der Waals surface area (Å²) in [4.78, 5) is 14.5. The Labute approximate surface area is 128 Å². The molecule has 0 aliphatic rings. The highest BCUT2D eigenvalue weighted by atomic mass is 32.2. The molecule has 0 aromatic heterocycles. The van der Waals surface area contributed by atoms with Gasteiger partial charge in [-0.15, -0.1) is 23.5 Å². The number of nitrogens with one attached hydrogen (secondary N) is 1. The zero-order valence-corrected chi connectivity index (χ0v) is 13.2. The van der Waals surface area contributed by atoms with Crippen molar-refractivity contribution < 1.29 is 4.79 Å². The van der Waals surface area contributed by atoms with Crippen molar-refractivity contribution in [2.24, 2.45) is 0 Å². The van der Waals surface area contributed by atoms with E-state index in [9.17, 15) is 4.79 Å². The number of anilines is 1. The van der Waals surface area contributed by atoms with E-state index in [0.29, 0.717) is 5.56 Å². The van der Waals surface area contributed by atoms with Crippen LogP contribution in [0.3, 0.4) is 0 Å². The Morgan fingerprint density at radius 3 is 2.70 bits per heavy atom. The molecule has 2 rings (SSSR count). The van der Waals surface area contributed by atoms with Gasteiger partial charge in [0.2, 0.25) is 0 Å². The predicted octanol–water partition coefficient (Wildman–Crippen LogP) is 4.77. The monoisotopic (exact) mass is 303 g/mol. The Balaban J connectivity index is 2.17. The van der Waals surface area contributed by atoms with Gasteiger partial charge in [0.25, 0.3) is 5.91 Å². The van der Waals surface area contributed by atoms with Crippen LogP contribution in [0.2, 0.25) is 0 Å². The second-order valence-corrected chi connectivity index (χ2v) is 6.30. The molecule has 0 unspecified atom stereocenters. The molecule has 0 aliphatic carbocycles. The maximum atomic E-state index is 12.3. The molecule has 0 aliphatic heterocycles. The molecule has 0 spiro atoms. The molecule has 20 heavy (non-hydrogen) atoms. The Hall–Kier alpha value is -1.39. The van der Waals surface area contributed by atoms with Gasteiger partial charge in [-0.2, -0.15) is 0 Å². The van der Waals surface area contributed by atoms with E-state index in [2.05, 4.69) is 12.2 Å². The van der Waals surface area contributed by atoms with Crippen molar-refractivity contribution in [3.05, 3.63) is 54.1 Å². The first-order valence-corrected chi connectivity index (χ1v) is 8.63. The predicted molar refractivity (Wildman–Crippen MR) is 89.0 cm³/mol. The highest BCUT2D eigenvalue weighted by Crippen LogP contribution is 2.25. The van der Waals surface area contributed by atoms with E-state index in [0.717, 1.165) is 21.2 Å². The van der Waals surface area contributed by atoms with Crippen molar-refractivity contribution in [2.45, 2.75) is 16.7 Å². The van der Waals surface area contributed by atoms with Crippen LogP contribution in [0.15, 0.2) is 58.3 Å². The summed E-state index contributed by atoms with van der Waals surface area (Å²) in [5.74, 6) is 0.936. The molecule has 2 aromatic carbocycles. The molecule has 0 saturated carbocycles. The van der Waals surface area contributed by atoms with Crippen molar-refractivity contribution >= 4 is 35.1 Å². The molecule has 0 bridgehead atoms. The van der Waals surface area contributed by atoms with Crippen LogP contribution in [0.25, 0.3) is 0 Å². The van der Waals surface area contributed by atoms with Crippen molar-refractivity contribution in [1.82, 2.24) is 0 Å². The minimum absolute atomic E-state index is 0.0648. The molecule has 4 heteroatoms. The van der Waals surface area contributed by atoms with Gasteiger partial charge in [0.15, 0.2) is 0 Å². The van der Waals surface area contributed by atoms with Crippen molar-refractivity contribution in [2.75, 3.05) is 17.3 Å². The number of amides is 1. The van der Waals surface area contributed by atoms with Crippen LogP contribution in [0.5, 0.6) is 0 Å². The lowest BCUT2D eigenvalue weighted by molar-refractivity contribution is 0.102. The number of benzene rings is 2. The molecule has 0 saturated heterocycles. The minimum atomic E-state index is -0.0648. The summed E-state index contributed by atoms with van der Waals surface area (Å²) in [5, 5.41) is 2.98. The highest BCUT2D eigenvalue weighted by molar-refractivity contribution is 7.99. The number of rotatable bonds is 5. The molecule has 0 fully saturated rings. The molecule has 1 amide bonds. The van der Waals surface area contributed by atoms with E-state index in [4.69, 9.17) is 0 Å². The zero-order chi connectivity index (χ0) is 14.4. The van der Waals surface area contributed by atoms with E-state index < -0.39 is 0 Å². The molecule has 104 valence electrons. The first-order chi connectivity index (χ1) is 9.74. The van der Waals surface area contributed by atoms with Gasteiger partial charge in [0.1, 0.15) is 0 Å². The summed E-state index contributed by atoms with van der Waals surface area (Å²) in [6, 6.07) is 15.6. The third kappa shape index (κ3) is 3.81. The second kappa shape index (κ2) is 7.41.